The number of benzene rings is 8. The molecule has 1 aliphatic heterocycles. The van der Waals surface area contributed by atoms with Crippen LogP contribution in [0.25, 0.3) is 44.5 Å². The van der Waals surface area contributed by atoms with Gasteiger partial charge in [-0.3, -0.25) is 0 Å². The van der Waals surface area contributed by atoms with Gasteiger partial charge in [0, 0.05) is 45.9 Å². The molecule has 0 saturated carbocycles. The molecular formula is C78H86N4O. The summed E-state index contributed by atoms with van der Waals surface area (Å²) in [6, 6.07) is 67.1. The Morgan fingerprint density at radius 3 is 1.64 bits per heavy atom. The first kappa shape index (κ1) is 56.9. The van der Waals surface area contributed by atoms with Crippen molar-refractivity contribution in [2.24, 2.45) is 0 Å². The van der Waals surface area contributed by atoms with Crippen molar-refractivity contribution in [3.8, 4) is 56.0 Å². The summed E-state index contributed by atoms with van der Waals surface area (Å²) < 4.78 is 6.78. The van der Waals surface area contributed by atoms with Crippen LogP contribution in [0.5, 0.6) is 11.5 Å². The molecule has 8 aromatic carbocycles. The minimum absolute atomic E-state index is 0.0264. The first-order chi connectivity index (χ1) is 39.1. The van der Waals surface area contributed by atoms with Gasteiger partial charge in [0.15, 0.2) is 0 Å². The van der Waals surface area contributed by atoms with Crippen molar-refractivity contribution >= 4 is 34.3 Å². The van der Waals surface area contributed by atoms with Crippen molar-refractivity contribution in [3.63, 3.8) is 0 Å². The average Bonchev–Trinajstić information content (AvgIpc) is 3.97. The second kappa shape index (κ2) is 21.1. The smallest absolute Gasteiger partial charge is 0.130 e. The van der Waals surface area contributed by atoms with E-state index in [0.29, 0.717) is 6.67 Å². The molecule has 1 N–H and O–H groups in total. The fourth-order valence-corrected chi connectivity index (χ4v) is 12.4. The first-order valence-corrected chi connectivity index (χ1v) is 30.1. The molecule has 1 aliphatic carbocycles. The van der Waals surface area contributed by atoms with Crippen molar-refractivity contribution in [2.75, 3.05) is 21.8 Å². The van der Waals surface area contributed by atoms with E-state index in [0.717, 1.165) is 51.2 Å². The number of anilines is 6. The number of para-hydroxylation sites is 3. The normalized spacial score (nSPS) is 15.0. The SMILES string of the molecule is CC(C)(C)c1cc(-c2cccc(-c3ccccc3)c2N2CN(c3cccc(Oc4ccc(-c5cc(C(C)(C)C)ccc5Nc5cc(C(C)(C)C)c(-c6ccc7c(c6)C(C)(C)CCC7(C)C)cn5)cc4)c3)c3ccccc32)cc(C(C)(C)C)c1. The minimum Gasteiger partial charge on any atom is -0.457 e. The number of fused-ring (bicyclic) bond motifs is 2. The summed E-state index contributed by atoms with van der Waals surface area (Å²) in [4.78, 5) is 10.1. The predicted octanol–water partition coefficient (Wildman–Crippen LogP) is 22.1. The molecule has 1 aromatic heterocycles. The van der Waals surface area contributed by atoms with Crippen LogP contribution in [-0.2, 0) is 32.5 Å². The van der Waals surface area contributed by atoms with E-state index in [2.05, 4.69) is 314 Å². The van der Waals surface area contributed by atoms with E-state index >= 15 is 0 Å². The van der Waals surface area contributed by atoms with Gasteiger partial charge in [-0.25, -0.2) is 4.98 Å². The van der Waals surface area contributed by atoms with Gasteiger partial charge in [-0.05, 0) is 156 Å². The number of nitrogens with one attached hydrogen (secondary N) is 1. The van der Waals surface area contributed by atoms with E-state index in [9.17, 15) is 0 Å². The molecule has 0 saturated heterocycles. The lowest BCUT2D eigenvalue weighted by atomic mass is 9.63. The van der Waals surface area contributed by atoms with Gasteiger partial charge in [-0.1, -0.05) is 232 Å². The summed E-state index contributed by atoms with van der Waals surface area (Å²) in [5.74, 6) is 2.37. The van der Waals surface area contributed by atoms with Crippen LogP contribution in [-0.4, -0.2) is 11.7 Å². The molecule has 0 spiro atoms. The highest BCUT2D eigenvalue weighted by atomic mass is 16.5. The molecule has 424 valence electrons. The summed E-state index contributed by atoms with van der Waals surface area (Å²) in [6.45, 7) is 37.9. The molecule has 2 heterocycles. The summed E-state index contributed by atoms with van der Waals surface area (Å²) in [7, 11) is 0. The second-order valence-electron chi connectivity index (χ2n) is 29.0. The Balaban J connectivity index is 0.898. The lowest BCUT2D eigenvalue weighted by molar-refractivity contribution is 0.332. The van der Waals surface area contributed by atoms with Crippen LogP contribution in [0.1, 0.15) is 157 Å². The Kier molecular flexibility index (Phi) is 14.5. The number of pyridine rings is 1. The lowest BCUT2D eigenvalue weighted by Gasteiger charge is -2.42. The van der Waals surface area contributed by atoms with Gasteiger partial charge in [-0.2, -0.15) is 0 Å². The predicted molar refractivity (Wildman–Crippen MR) is 354 cm³/mol. The molecule has 0 fully saturated rings. The Morgan fingerprint density at radius 2 is 1.00 bits per heavy atom. The molecule has 0 bridgehead atoms. The second-order valence-corrected chi connectivity index (χ2v) is 29.0. The summed E-state index contributed by atoms with van der Waals surface area (Å²) in [5.41, 5.74) is 23.2. The highest BCUT2D eigenvalue weighted by Crippen LogP contribution is 2.52. The monoisotopic (exact) mass is 1090 g/mol. The summed E-state index contributed by atoms with van der Waals surface area (Å²) in [6.07, 6.45) is 4.47. The Labute approximate surface area is 496 Å². The van der Waals surface area contributed by atoms with Crippen molar-refractivity contribution < 1.29 is 4.74 Å². The first-order valence-electron chi connectivity index (χ1n) is 30.1. The molecule has 0 radical (unpaired) electrons. The van der Waals surface area contributed by atoms with E-state index in [-0.39, 0.29) is 32.5 Å². The van der Waals surface area contributed by atoms with Gasteiger partial charge >= 0.3 is 0 Å². The number of aromatic nitrogens is 1. The summed E-state index contributed by atoms with van der Waals surface area (Å²) in [5, 5.41) is 3.81. The van der Waals surface area contributed by atoms with E-state index in [1.54, 1.807) is 0 Å². The highest BCUT2D eigenvalue weighted by Gasteiger charge is 2.38. The van der Waals surface area contributed by atoms with E-state index in [4.69, 9.17) is 9.72 Å². The number of nitrogens with zero attached hydrogens (tertiary/aromatic N) is 3. The van der Waals surface area contributed by atoms with Gasteiger partial charge in [0.25, 0.3) is 0 Å². The van der Waals surface area contributed by atoms with E-state index in [1.165, 1.54) is 85.3 Å². The fourth-order valence-electron chi connectivity index (χ4n) is 12.4. The number of hydrogen-bond donors (Lipinski definition) is 1. The Hall–Kier alpha value is -7.89. The maximum absolute atomic E-state index is 6.78. The van der Waals surface area contributed by atoms with Crippen molar-refractivity contribution in [3.05, 3.63) is 222 Å². The third kappa shape index (κ3) is 11.5. The Bertz CT molecular complexity index is 3840. The van der Waals surface area contributed by atoms with Crippen LogP contribution in [0.15, 0.2) is 188 Å². The molecule has 0 amide bonds. The minimum atomic E-state index is -0.123. The largest absolute Gasteiger partial charge is 0.457 e. The maximum atomic E-state index is 6.78. The van der Waals surface area contributed by atoms with Crippen molar-refractivity contribution in [1.29, 1.82) is 0 Å². The van der Waals surface area contributed by atoms with Crippen LogP contribution in [0, 0.1) is 0 Å². The maximum Gasteiger partial charge on any atom is 0.130 e. The third-order valence-corrected chi connectivity index (χ3v) is 17.7. The lowest BCUT2D eigenvalue weighted by Crippen LogP contribution is -2.33. The third-order valence-electron chi connectivity index (χ3n) is 17.7. The molecule has 0 unspecified atom stereocenters. The molecule has 11 rings (SSSR count). The van der Waals surface area contributed by atoms with Gasteiger partial charge in [-0.15, -0.1) is 0 Å². The van der Waals surface area contributed by atoms with Gasteiger partial charge in [0.1, 0.15) is 24.0 Å². The van der Waals surface area contributed by atoms with Crippen LogP contribution < -0.4 is 19.9 Å². The average molecular weight is 1100 g/mol. The van der Waals surface area contributed by atoms with E-state index in [1.807, 2.05) is 0 Å². The topological polar surface area (TPSA) is 40.6 Å². The molecular weight excluding hydrogens is 1010 g/mol. The quantitative estimate of drug-likeness (QED) is 0.148. The zero-order chi connectivity index (χ0) is 59.0. The highest BCUT2D eigenvalue weighted by molar-refractivity contribution is 5.99. The number of hydrogen-bond acceptors (Lipinski definition) is 5. The zero-order valence-corrected chi connectivity index (χ0v) is 52.3. The Morgan fingerprint density at radius 1 is 0.422 bits per heavy atom. The molecule has 2 aliphatic rings. The van der Waals surface area contributed by atoms with Crippen LogP contribution >= 0.6 is 0 Å². The standard InChI is InChI=1S/C78H86N4O/c1-73(2,3)55-35-39-68(80-71-48-66(76(10,11)12)64(49-79-71)53-34-38-65-67(44-53)78(15,16)41-40-77(65,13)14)63(46-55)52-32-36-59(37-33-52)83-60-27-22-26-58(47-60)81-50-82(70-31-21-20-30-69(70)81)72-61(51-24-18-17-19-25-51)28-23-29-62(72)54-42-56(74(4,5)6)45-57(43-54)75(7,8)9/h17-39,42-49H,40-41,50H2,1-16H3,(H,79,80). The molecule has 83 heavy (non-hydrogen) atoms. The van der Waals surface area contributed by atoms with Gasteiger partial charge < -0.3 is 19.9 Å². The van der Waals surface area contributed by atoms with Crippen molar-refractivity contribution in [1.82, 2.24) is 4.98 Å². The zero-order valence-electron chi connectivity index (χ0n) is 52.3. The van der Waals surface area contributed by atoms with Crippen LogP contribution in [0.3, 0.4) is 0 Å². The summed E-state index contributed by atoms with van der Waals surface area (Å²) >= 11 is 0. The fraction of sp³-hybridized carbons (Fsp3) is 0.321. The molecule has 9 aromatic rings. The molecule has 5 nitrogen and oxygen atoms in total. The molecule has 5 heteroatoms. The number of ether oxygens (including phenoxy) is 1. The van der Waals surface area contributed by atoms with E-state index < -0.39 is 0 Å². The van der Waals surface area contributed by atoms with Gasteiger partial charge in [0.2, 0.25) is 0 Å². The number of rotatable bonds is 10. The van der Waals surface area contributed by atoms with Crippen LogP contribution in [0.2, 0.25) is 0 Å². The van der Waals surface area contributed by atoms with Crippen LogP contribution in [0.4, 0.5) is 34.3 Å². The van der Waals surface area contributed by atoms with Gasteiger partial charge in [0.05, 0.1) is 17.1 Å². The van der Waals surface area contributed by atoms with Crippen molar-refractivity contribution in [2.45, 2.75) is 156 Å². The molecule has 0 atom stereocenters.